The van der Waals surface area contributed by atoms with Crippen molar-refractivity contribution < 1.29 is 37.3 Å². The van der Waals surface area contributed by atoms with Gasteiger partial charge >= 0.3 is 12.1 Å². The summed E-state index contributed by atoms with van der Waals surface area (Å²) in [5, 5.41) is 9.93. The van der Waals surface area contributed by atoms with Crippen molar-refractivity contribution in [3.8, 4) is 22.8 Å². The summed E-state index contributed by atoms with van der Waals surface area (Å²) in [5.74, 6) is -1.78. The number of nitrogens with one attached hydrogen (secondary N) is 2. The van der Waals surface area contributed by atoms with E-state index < -0.39 is 18.2 Å². The molecular weight excluding hydrogens is 493 g/mol. The lowest BCUT2D eigenvalue weighted by Crippen LogP contribution is -2.44. The van der Waals surface area contributed by atoms with E-state index in [1.165, 1.54) is 13.2 Å². The maximum absolute atomic E-state index is 12.1. The third kappa shape index (κ3) is 8.72. The first kappa shape index (κ1) is 29.6. The zero-order valence-corrected chi connectivity index (χ0v) is 20.2. The normalized spacial score (nSPS) is 11.8. The predicted octanol–water partition coefficient (Wildman–Crippen LogP) is 2.32. The molecule has 0 aliphatic rings. The van der Waals surface area contributed by atoms with Gasteiger partial charge in [-0.3, -0.25) is 14.6 Å². The molecular formula is C21H27F3N4O6S. The number of rotatable bonds is 8. The molecule has 2 aromatic rings. The van der Waals surface area contributed by atoms with Crippen molar-refractivity contribution in [2.45, 2.75) is 32.6 Å². The number of alkyl halides is 3. The number of nitrogens with two attached hydrogens (primary N) is 1. The van der Waals surface area contributed by atoms with Gasteiger partial charge in [-0.05, 0) is 30.3 Å². The highest BCUT2D eigenvalue weighted by molar-refractivity contribution is 7.71. The minimum atomic E-state index is -5.08. The van der Waals surface area contributed by atoms with E-state index in [-0.39, 0.29) is 22.2 Å². The zero-order valence-electron chi connectivity index (χ0n) is 19.4. The van der Waals surface area contributed by atoms with Gasteiger partial charge in [0.05, 0.1) is 26.0 Å². The number of carbonyl (C=O) groups excluding carboxylic acids is 1. The van der Waals surface area contributed by atoms with Crippen LogP contribution in [0.15, 0.2) is 29.1 Å². The SMILES string of the molecule is COc1ccc(-c2cc(=O)[nH]c(=S)n2CCNC(=O)[C@@H](N)C(C)C)c(OC)c1.O=C(O)C(F)(F)F. The van der Waals surface area contributed by atoms with Crippen molar-refractivity contribution in [2.24, 2.45) is 11.7 Å². The van der Waals surface area contributed by atoms with Gasteiger partial charge in [0.15, 0.2) is 4.77 Å². The number of aliphatic carboxylic acids is 1. The number of benzene rings is 1. The third-order valence-corrected chi connectivity index (χ3v) is 4.94. The number of hydrogen-bond acceptors (Lipinski definition) is 7. The first-order valence-electron chi connectivity index (χ1n) is 10.1. The van der Waals surface area contributed by atoms with Crippen LogP contribution in [-0.4, -0.2) is 59.5 Å². The van der Waals surface area contributed by atoms with Crippen LogP contribution in [0.5, 0.6) is 11.5 Å². The van der Waals surface area contributed by atoms with E-state index in [4.69, 9.17) is 37.3 Å². The fraction of sp³-hybridized carbons (Fsp3) is 0.429. The Balaban J connectivity index is 0.000000762. The lowest BCUT2D eigenvalue weighted by atomic mass is 10.1. The number of halogens is 3. The van der Waals surface area contributed by atoms with Crippen LogP contribution in [0.2, 0.25) is 0 Å². The number of carboxylic acids is 1. The van der Waals surface area contributed by atoms with Gasteiger partial charge in [-0.15, -0.1) is 0 Å². The lowest BCUT2D eigenvalue weighted by molar-refractivity contribution is -0.192. The number of ether oxygens (including phenoxy) is 2. The summed E-state index contributed by atoms with van der Waals surface area (Å²) in [7, 11) is 3.10. The van der Waals surface area contributed by atoms with Crippen LogP contribution < -0.4 is 26.1 Å². The fourth-order valence-electron chi connectivity index (χ4n) is 2.69. The Morgan fingerprint density at radius 3 is 2.31 bits per heavy atom. The molecule has 0 aliphatic carbocycles. The number of amides is 1. The average Bonchev–Trinajstić information content (AvgIpc) is 2.78. The number of H-pyrrole nitrogens is 1. The minimum Gasteiger partial charge on any atom is -0.497 e. The van der Waals surface area contributed by atoms with Gasteiger partial charge in [0.1, 0.15) is 11.5 Å². The highest BCUT2D eigenvalue weighted by Crippen LogP contribution is 2.32. The largest absolute Gasteiger partial charge is 0.497 e. The van der Waals surface area contributed by atoms with Gasteiger partial charge in [-0.25, -0.2) is 4.79 Å². The number of nitrogens with zero attached hydrogens (tertiary/aromatic N) is 1. The van der Waals surface area contributed by atoms with Gasteiger partial charge in [-0.2, -0.15) is 13.2 Å². The lowest BCUT2D eigenvalue weighted by Gasteiger charge is -2.18. The molecule has 0 radical (unpaired) electrons. The van der Waals surface area contributed by atoms with Crippen molar-refractivity contribution in [3.05, 3.63) is 39.4 Å². The molecule has 0 bridgehead atoms. The standard InChI is InChI=1S/C19H26N4O4S.C2HF3O2/c1-11(2)17(20)18(25)21-7-8-23-14(10-16(24)22-19(23)28)13-6-5-12(26-3)9-15(13)27-4;3-2(4,5)1(6)7/h5-6,9-11,17H,7-8,20H2,1-4H3,(H,21,25)(H,22,24,28);(H,6,7)/t17-;/m0./s1. The maximum Gasteiger partial charge on any atom is 0.490 e. The molecule has 35 heavy (non-hydrogen) atoms. The molecule has 1 amide bonds. The highest BCUT2D eigenvalue weighted by Gasteiger charge is 2.38. The van der Waals surface area contributed by atoms with Crippen LogP contribution in [0, 0.1) is 10.7 Å². The van der Waals surface area contributed by atoms with E-state index in [1.807, 2.05) is 13.8 Å². The van der Waals surface area contributed by atoms with Crippen LogP contribution >= 0.6 is 12.2 Å². The Labute approximate surface area is 203 Å². The molecule has 1 atom stereocenters. The number of carboxylic acid groups (broad SMARTS) is 1. The molecule has 2 rings (SSSR count). The minimum absolute atomic E-state index is 0.0365. The second-order valence-corrected chi connectivity index (χ2v) is 7.79. The van der Waals surface area contributed by atoms with Gasteiger partial charge in [-0.1, -0.05) is 13.8 Å². The molecule has 1 aromatic carbocycles. The molecule has 194 valence electrons. The van der Waals surface area contributed by atoms with Crippen LogP contribution in [0.1, 0.15) is 13.8 Å². The van der Waals surface area contributed by atoms with E-state index in [9.17, 15) is 22.8 Å². The summed E-state index contributed by atoms with van der Waals surface area (Å²) in [6, 6.07) is 6.17. The van der Waals surface area contributed by atoms with Crippen molar-refractivity contribution in [1.29, 1.82) is 0 Å². The zero-order chi connectivity index (χ0) is 26.9. The van der Waals surface area contributed by atoms with Gasteiger partial charge in [0.25, 0.3) is 5.56 Å². The van der Waals surface area contributed by atoms with Crippen molar-refractivity contribution in [3.63, 3.8) is 0 Å². The molecule has 5 N–H and O–H groups in total. The van der Waals surface area contributed by atoms with E-state index >= 15 is 0 Å². The fourth-order valence-corrected chi connectivity index (χ4v) is 2.98. The summed E-state index contributed by atoms with van der Waals surface area (Å²) in [6.07, 6.45) is -5.08. The summed E-state index contributed by atoms with van der Waals surface area (Å²) in [6.45, 7) is 4.44. The summed E-state index contributed by atoms with van der Waals surface area (Å²) >= 11 is 5.33. The average molecular weight is 521 g/mol. The Kier molecular flexibility index (Phi) is 10.9. The maximum atomic E-state index is 12.1. The quantitative estimate of drug-likeness (QED) is 0.388. The molecule has 0 saturated heterocycles. The predicted molar refractivity (Wildman–Crippen MR) is 124 cm³/mol. The van der Waals surface area contributed by atoms with E-state index in [0.29, 0.717) is 35.8 Å². The molecule has 1 heterocycles. The van der Waals surface area contributed by atoms with Gasteiger partial charge < -0.3 is 30.2 Å². The molecule has 0 unspecified atom stereocenters. The Hall–Kier alpha value is -3.39. The van der Waals surface area contributed by atoms with E-state index in [0.717, 1.165) is 0 Å². The number of aromatic nitrogens is 2. The Morgan fingerprint density at radius 1 is 1.23 bits per heavy atom. The molecule has 0 aliphatic heterocycles. The summed E-state index contributed by atoms with van der Waals surface area (Å²) in [5.41, 5.74) is 6.81. The number of methoxy groups -OCH3 is 2. The Bertz CT molecular complexity index is 1150. The van der Waals surface area contributed by atoms with E-state index in [2.05, 4.69) is 10.3 Å². The van der Waals surface area contributed by atoms with Crippen molar-refractivity contribution >= 4 is 24.1 Å². The number of aromatic amines is 1. The first-order valence-corrected chi connectivity index (χ1v) is 10.5. The smallest absolute Gasteiger partial charge is 0.490 e. The summed E-state index contributed by atoms with van der Waals surface area (Å²) in [4.78, 5) is 35.6. The van der Waals surface area contributed by atoms with Crippen molar-refractivity contribution in [2.75, 3.05) is 20.8 Å². The molecule has 0 fully saturated rings. The third-order valence-electron chi connectivity index (χ3n) is 4.62. The highest BCUT2D eigenvalue weighted by atomic mass is 32.1. The van der Waals surface area contributed by atoms with Gasteiger partial charge in [0, 0.05) is 30.8 Å². The Morgan fingerprint density at radius 2 is 1.83 bits per heavy atom. The van der Waals surface area contributed by atoms with Gasteiger partial charge in [0.2, 0.25) is 5.91 Å². The monoisotopic (exact) mass is 520 g/mol. The molecule has 0 saturated carbocycles. The van der Waals surface area contributed by atoms with Crippen LogP contribution in [0.3, 0.4) is 0 Å². The van der Waals surface area contributed by atoms with E-state index in [1.54, 1.807) is 29.9 Å². The second-order valence-electron chi connectivity index (χ2n) is 7.41. The summed E-state index contributed by atoms with van der Waals surface area (Å²) < 4.78 is 44.4. The number of carbonyl (C=O) groups is 2. The van der Waals surface area contributed by atoms with Crippen LogP contribution in [0.4, 0.5) is 13.2 Å². The van der Waals surface area contributed by atoms with Crippen LogP contribution in [0.25, 0.3) is 11.3 Å². The van der Waals surface area contributed by atoms with Crippen molar-refractivity contribution in [1.82, 2.24) is 14.9 Å². The molecule has 0 spiro atoms. The number of hydrogen-bond donors (Lipinski definition) is 4. The van der Waals surface area contributed by atoms with Crippen LogP contribution in [-0.2, 0) is 16.1 Å². The molecule has 1 aromatic heterocycles. The second kappa shape index (κ2) is 12.9. The molecule has 14 heteroatoms. The topological polar surface area (TPSA) is 149 Å². The first-order chi connectivity index (χ1) is 16.2. The molecule has 10 nitrogen and oxygen atoms in total.